The molecular formula is C13H17N3OS. The normalized spacial score (nSPS) is 15.9. The standard InChI is InChI=1S/C13H17N3OS/c1-2-9(14)7-12-15-13(17-16-12)11-6-8-4-3-5-10(8)18-11/h6,9H,2-5,7,14H2,1H3. The van der Waals surface area contributed by atoms with Crippen LogP contribution in [-0.2, 0) is 19.3 Å². The van der Waals surface area contributed by atoms with Crippen LogP contribution in [-0.4, -0.2) is 16.2 Å². The zero-order valence-corrected chi connectivity index (χ0v) is 11.3. The second kappa shape index (κ2) is 4.82. The highest BCUT2D eigenvalue weighted by Crippen LogP contribution is 2.35. The van der Waals surface area contributed by atoms with E-state index < -0.39 is 0 Å². The van der Waals surface area contributed by atoms with Gasteiger partial charge in [0.1, 0.15) is 0 Å². The molecule has 18 heavy (non-hydrogen) atoms. The third kappa shape index (κ3) is 2.20. The number of nitrogens with zero attached hydrogens (tertiary/aromatic N) is 2. The smallest absolute Gasteiger partial charge is 0.268 e. The Morgan fingerprint density at radius 2 is 2.39 bits per heavy atom. The lowest BCUT2D eigenvalue weighted by Gasteiger charge is -2.02. The summed E-state index contributed by atoms with van der Waals surface area (Å²) in [4.78, 5) is 7.02. The lowest BCUT2D eigenvalue weighted by atomic mass is 10.2. The van der Waals surface area contributed by atoms with Crippen LogP contribution in [0, 0.1) is 0 Å². The molecule has 1 aliphatic carbocycles. The summed E-state index contributed by atoms with van der Waals surface area (Å²) in [7, 11) is 0. The maximum absolute atomic E-state index is 5.89. The molecule has 0 aliphatic heterocycles. The van der Waals surface area contributed by atoms with Crippen molar-refractivity contribution in [1.82, 2.24) is 10.1 Å². The van der Waals surface area contributed by atoms with Gasteiger partial charge in [-0.15, -0.1) is 11.3 Å². The van der Waals surface area contributed by atoms with E-state index in [1.807, 2.05) is 0 Å². The second-order valence-corrected chi connectivity index (χ2v) is 5.94. The molecule has 1 atom stereocenters. The van der Waals surface area contributed by atoms with Gasteiger partial charge in [0, 0.05) is 17.3 Å². The lowest BCUT2D eigenvalue weighted by molar-refractivity contribution is 0.420. The van der Waals surface area contributed by atoms with Crippen molar-refractivity contribution in [2.45, 2.75) is 45.1 Å². The number of nitrogens with two attached hydrogens (primary N) is 1. The molecule has 1 unspecified atom stereocenters. The topological polar surface area (TPSA) is 64.9 Å². The number of hydrogen-bond acceptors (Lipinski definition) is 5. The Morgan fingerprint density at radius 3 is 3.17 bits per heavy atom. The van der Waals surface area contributed by atoms with Crippen molar-refractivity contribution >= 4 is 11.3 Å². The Bertz CT molecular complexity index is 525. The largest absolute Gasteiger partial charge is 0.333 e. The van der Waals surface area contributed by atoms with Crippen LogP contribution in [0.3, 0.4) is 0 Å². The SMILES string of the molecule is CCC(N)Cc1noc(-c2cc3c(s2)CCC3)n1. The van der Waals surface area contributed by atoms with Gasteiger partial charge >= 0.3 is 0 Å². The number of rotatable bonds is 4. The van der Waals surface area contributed by atoms with Gasteiger partial charge in [-0.2, -0.15) is 4.98 Å². The van der Waals surface area contributed by atoms with Crippen molar-refractivity contribution in [1.29, 1.82) is 0 Å². The molecular weight excluding hydrogens is 246 g/mol. The molecule has 2 N–H and O–H groups in total. The first-order chi connectivity index (χ1) is 8.76. The average molecular weight is 263 g/mol. The van der Waals surface area contributed by atoms with Crippen molar-refractivity contribution in [2.24, 2.45) is 5.73 Å². The maximum Gasteiger partial charge on any atom is 0.268 e. The third-order valence-corrected chi connectivity index (χ3v) is 4.62. The molecule has 4 nitrogen and oxygen atoms in total. The van der Waals surface area contributed by atoms with Crippen LogP contribution in [0.2, 0.25) is 0 Å². The van der Waals surface area contributed by atoms with Crippen LogP contribution < -0.4 is 5.73 Å². The first-order valence-electron chi connectivity index (χ1n) is 6.46. The fourth-order valence-corrected chi connectivity index (χ4v) is 3.43. The van der Waals surface area contributed by atoms with E-state index in [9.17, 15) is 0 Å². The van der Waals surface area contributed by atoms with Crippen LogP contribution in [0.4, 0.5) is 0 Å². The van der Waals surface area contributed by atoms with E-state index in [4.69, 9.17) is 10.3 Å². The highest BCUT2D eigenvalue weighted by molar-refractivity contribution is 7.15. The minimum atomic E-state index is 0.115. The number of aromatic nitrogens is 2. The highest BCUT2D eigenvalue weighted by atomic mass is 32.1. The molecule has 0 radical (unpaired) electrons. The Balaban J connectivity index is 1.79. The molecule has 0 fully saturated rings. The van der Waals surface area contributed by atoms with Crippen molar-refractivity contribution < 1.29 is 4.52 Å². The van der Waals surface area contributed by atoms with E-state index in [0.29, 0.717) is 18.1 Å². The van der Waals surface area contributed by atoms with Gasteiger partial charge in [0.2, 0.25) is 0 Å². The molecule has 5 heteroatoms. The third-order valence-electron chi connectivity index (χ3n) is 3.39. The number of thiophene rings is 1. The fraction of sp³-hybridized carbons (Fsp3) is 0.538. The Labute approximate surface area is 110 Å². The van der Waals surface area contributed by atoms with Crippen molar-refractivity contribution in [3.05, 3.63) is 22.3 Å². The van der Waals surface area contributed by atoms with Gasteiger partial charge in [-0.05, 0) is 37.3 Å². The molecule has 1 aliphatic rings. The summed E-state index contributed by atoms with van der Waals surface area (Å²) in [5.41, 5.74) is 7.35. The summed E-state index contributed by atoms with van der Waals surface area (Å²) in [5, 5.41) is 4.00. The first-order valence-corrected chi connectivity index (χ1v) is 7.28. The summed E-state index contributed by atoms with van der Waals surface area (Å²) in [6.07, 6.45) is 5.28. The van der Waals surface area contributed by atoms with E-state index in [-0.39, 0.29) is 6.04 Å². The van der Waals surface area contributed by atoms with E-state index in [1.54, 1.807) is 11.3 Å². The Morgan fingerprint density at radius 1 is 1.50 bits per heavy atom. The summed E-state index contributed by atoms with van der Waals surface area (Å²) in [6.45, 7) is 2.06. The molecule has 3 rings (SSSR count). The number of aryl methyl sites for hydroxylation is 2. The molecule has 2 aromatic heterocycles. The molecule has 2 aromatic rings. The molecule has 0 amide bonds. The second-order valence-electron chi connectivity index (χ2n) is 4.80. The predicted octanol–water partition coefficient (Wildman–Crippen LogP) is 2.57. The molecule has 0 bridgehead atoms. The van der Waals surface area contributed by atoms with Gasteiger partial charge < -0.3 is 10.3 Å². The lowest BCUT2D eigenvalue weighted by Crippen LogP contribution is -2.21. The Hall–Kier alpha value is -1.20. The van der Waals surface area contributed by atoms with Crippen molar-refractivity contribution in [3.8, 4) is 10.8 Å². The van der Waals surface area contributed by atoms with Crippen LogP contribution in [0.15, 0.2) is 10.6 Å². The monoisotopic (exact) mass is 263 g/mol. The van der Waals surface area contributed by atoms with E-state index in [0.717, 1.165) is 11.3 Å². The predicted molar refractivity (Wildman–Crippen MR) is 71.6 cm³/mol. The highest BCUT2D eigenvalue weighted by Gasteiger charge is 2.19. The van der Waals surface area contributed by atoms with Gasteiger partial charge in [-0.3, -0.25) is 0 Å². The van der Waals surface area contributed by atoms with Crippen LogP contribution >= 0.6 is 11.3 Å². The molecule has 96 valence electrons. The summed E-state index contributed by atoms with van der Waals surface area (Å²) in [5.74, 6) is 1.36. The van der Waals surface area contributed by atoms with Gasteiger partial charge in [0.05, 0.1) is 4.88 Å². The molecule has 0 spiro atoms. The quantitative estimate of drug-likeness (QED) is 0.920. The first kappa shape index (κ1) is 11.9. The van der Waals surface area contributed by atoms with Gasteiger partial charge in [-0.1, -0.05) is 12.1 Å². The van der Waals surface area contributed by atoms with E-state index in [2.05, 4.69) is 23.1 Å². The molecule has 0 aromatic carbocycles. The molecule has 0 saturated carbocycles. The van der Waals surface area contributed by atoms with E-state index in [1.165, 1.54) is 29.7 Å². The van der Waals surface area contributed by atoms with Crippen LogP contribution in [0.5, 0.6) is 0 Å². The Kier molecular flexibility index (Phi) is 3.18. The zero-order valence-electron chi connectivity index (χ0n) is 10.5. The minimum Gasteiger partial charge on any atom is -0.333 e. The van der Waals surface area contributed by atoms with Crippen LogP contribution in [0.1, 0.15) is 36.0 Å². The average Bonchev–Trinajstić information content (AvgIpc) is 3.01. The van der Waals surface area contributed by atoms with Crippen molar-refractivity contribution in [3.63, 3.8) is 0 Å². The van der Waals surface area contributed by atoms with Crippen LogP contribution in [0.25, 0.3) is 10.8 Å². The minimum absolute atomic E-state index is 0.115. The van der Waals surface area contributed by atoms with Crippen molar-refractivity contribution in [2.75, 3.05) is 0 Å². The fourth-order valence-electron chi connectivity index (χ4n) is 2.25. The van der Waals surface area contributed by atoms with Gasteiger partial charge in [-0.25, -0.2) is 0 Å². The molecule has 0 saturated heterocycles. The number of fused-ring (bicyclic) bond motifs is 1. The summed E-state index contributed by atoms with van der Waals surface area (Å²) < 4.78 is 5.33. The summed E-state index contributed by atoms with van der Waals surface area (Å²) >= 11 is 1.79. The van der Waals surface area contributed by atoms with Gasteiger partial charge in [0.25, 0.3) is 5.89 Å². The number of hydrogen-bond donors (Lipinski definition) is 1. The summed E-state index contributed by atoms with van der Waals surface area (Å²) in [6, 6.07) is 2.31. The molecule has 2 heterocycles. The van der Waals surface area contributed by atoms with E-state index >= 15 is 0 Å². The van der Waals surface area contributed by atoms with Gasteiger partial charge in [0.15, 0.2) is 5.82 Å². The maximum atomic E-state index is 5.89. The zero-order chi connectivity index (χ0) is 12.5.